The van der Waals surface area contributed by atoms with Crippen molar-refractivity contribution in [1.82, 2.24) is 34.1 Å². The lowest BCUT2D eigenvalue weighted by molar-refractivity contribution is 0.662. The fourth-order valence-corrected chi connectivity index (χ4v) is 8.48. The van der Waals surface area contributed by atoms with Gasteiger partial charge in [0.1, 0.15) is 11.2 Å². The van der Waals surface area contributed by atoms with E-state index >= 15 is 0 Å². The van der Waals surface area contributed by atoms with E-state index in [-0.39, 0.29) is 0 Å². The molecule has 0 bridgehead atoms. The van der Waals surface area contributed by atoms with Crippen LogP contribution in [0.3, 0.4) is 0 Å². The van der Waals surface area contributed by atoms with Crippen molar-refractivity contribution < 1.29 is 8.83 Å². The number of pyridine rings is 5. The fourth-order valence-electron chi connectivity index (χ4n) is 8.48. The summed E-state index contributed by atoms with van der Waals surface area (Å²) in [5.74, 6) is 0. The van der Waals surface area contributed by atoms with Gasteiger partial charge in [0.15, 0.2) is 11.2 Å². The van der Waals surface area contributed by atoms with Gasteiger partial charge >= 0.3 is 0 Å². The Hall–Kier alpha value is -7.13. The van der Waals surface area contributed by atoms with E-state index in [4.69, 9.17) is 8.83 Å². The molecule has 244 valence electrons. The summed E-state index contributed by atoms with van der Waals surface area (Å²) in [6.07, 6.45) is 22.7. The van der Waals surface area contributed by atoms with Crippen LogP contribution in [0, 0.1) is 0 Å². The van der Waals surface area contributed by atoms with E-state index in [1.54, 1.807) is 6.20 Å². The average molecular weight is 672 g/mol. The second-order valence-corrected chi connectivity index (χ2v) is 13.3. The smallest absolute Gasteiger partial charge is 0.159 e. The summed E-state index contributed by atoms with van der Waals surface area (Å²) in [7, 11) is 0. The molecule has 9 aromatic heterocycles. The zero-order chi connectivity index (χ0) is 33.9. The van der Waals surface area contributed by atoms with Gasteiger partial charge in [-0.05, 0) is 60.9 Å². The molecule has 0 N–H and O–H groups in total. The number of fused-ring (bicyclic) bond motifs is 12. The molecule has 1 aliphatic carbocycles. The molecular weight excluding hydrogens is 647 g/mol. The number of rotatable bonds is 3. The maximum atomic E-state index is 7.04. The first kappa shape index (κ1) is 27.7. The van der Waals surface area contributed by atoms with Gasteiger partial charge in [-0.3, -0.25) is 24.9 Å². The highest BCUT2D eigenvalue weighted by atomic mass is 16.3. The Kier molecular flexibility index (Phi) is 5.43. The summed E-state index contributed by atoms with van der Waals surface area (Å²) in [6.45, 7) is 0. The summed E-state index contributed by atoms with van der Waals surface area (Å²) in [4.78, 5) is 22.4. The van der Waals surface area contributed by atoms with Crippen molar-refractivity contribution in [2.45, 2.75) is 12.8 Å². The van der Waals surface area contributed by atoms with E-state index in [2.05, 4.69) is 94.7 Å². The van der Waals surface area contributed by atoms with E-state index in [1.165, 1.54) is 11.3 Å². The summed E-state index contributed by atoms with van der Waals surface area (Å²) in [5.41, 5.74) is 13.0. The summed E-state index contributed by atoms with van der Waals surface area (Å²) >= 11 is 0. The molecular formula is C43H25N7O2. The van der Waals surface area contributed by atoms with E-state index in [1.807, 2.05) is 61.8 Å². The van der Waals surface area contributed by atoms with Crippen LogP contribution in [0.25, 0.3) is 99.6 Å². The van der Waals surface area contributed by atoms with E-state index < -0.39 is 0 Å². The zero-order valence-electron chi connectivity index (χ0n) is 27.5. The number of para-hydroxylation sites is 2. The third kappa shape index (κ3) is 3.63. The normalized spacial score (nSPS) is 13.3. The van der Waals surface area contributed by atoms with Crippen molar-refractivity contribution in [3.63, 3.8) is 0 Å². The molecule has 0 saturated heterocycles. The molecule has 0 unspecified atom stereocenters. The van der Waals surface area contributed by atoms with Gasteiger partial charge in [-0.2, -0.15) is 0 Å². The van der Waals surface area contributed by atoms with Gasteiger partial charge in [-0.1, -0.05) is 24.3 Å². The summed E-state index contributed by atoms with van der Waals surface area (Å²) < 4.78 is 18.1. The Bertz CT molecular complexity index is 3270. The predicted octanol–water partition coefficient (Wildman–Crippen LogP) is 9.99. The van der Waals surface area contributed by atoms with Gasteiger partial charge in [-0.25, -0.2) is 0 Å². The van der Waals surface area contributed by atoms with Gasteiger partial charge in [0.05, 0.1) is 27.9 Å². The highest BCUT2D eigenvalue weighted by molar-refractivity contribution is 6.14. The molecule has 0 aliphatic heterocycles. The maximum absolute atomic E-state index is 7.04. The number of benzene rings is 2. The lowest BCUT2D eigenvalue weighted by atomic mass is 9.91. The third-order valence-electron chi connectivity index (χ3n) is 10.7. The van der Waals surface area contributed by atoms with Gasteiger partial charge in [0.25, 0.3) is 0 Å². The highest BCUT2D eigenvalue weighted by Crippen LogP contribution is 2.44. The molecule has 0 saturated carbocycles. The lowest BCUT2D eigenvalue weighted by Gasteiger charge is -2.18. The SMILES string of the molecule is C1=C(c2cncc3c2oc2ccncc23)CCc2c1c1cnccc1n2-c1cccc2c1oc1c(-n3c4ccncc4c4cnccc43)cccc12. The maximum Gasteiger partial charge on any atom is 0.159 e. The summed E-state index contributed by atoms with van der Waals surface area (Å²) in [5, 5.41) is 7.26. The van der Waals surface area contributed by atoms with Gasteiger partial charge < -0.3 is 18.0 Å². The molecule has 12 rings (SSSR count). The Morgan fingerprint density at radius 3 is 1.77 bits per heavy atom. The minimum atomic E-state index is 0.811. The lowest BCUT2D eigenvalue weighted by Crippen LogP contribution is -2.05. The van der Waals surface area contributed by atoms with Crippen molar-refractivity contribution in [3.8, 4) is 11.4 Å². The standard InChI is InChI=1S/C43H25N7O2/c1-3-25-26-4-2-6-39(50-36-10-14-45-20-30(36)31-21-46-15-11-37(31)50)43(26)52-42(25)38(5-1)49-34-8-7-24(17-27(34)29-19-44-13-9-35(29)49)28-18-48-23-33-32-22-47-16-12-40(32)51-41(28)33/h1-6,9-23H,7-8H2. The van der Waals surface area contributed by atoms with Crippen LogP contribution < -0.4 is 0 Å². The number of nitrogens with zero attached hydrogens (tertiary/aromatic N) is 7. The number of furan rings is 2. The van der Waals surface area contributed by atoms with Crippen LogP contribution >= 0.6 is 0 Å². The largest absolute Gasteiger partial charge is 0.455 e. The van der Waals surface area contributed by atoms with Crippen molar-refractivity contribution in [1.29, 1.82) is 0 Å². The Morgan fingerprint density at radius 1 is 0.462 bits per heavy atom. The molecule has 0 fully saturated rings. The van der Waals surface area contributed by atoms with Gasteiger partial charge in [0.2, 0.25) is 0 Å². The monoisotopic (exact) mass is 671 g/mol. The van der Waals surface area contributed by atoms with Crippen LogP contribution in [0.4, 0.5) is 0 Å². The van der Waals surface area contributed by atoms with Crippen molar-refractivity contribution in [2.75, 3.05) is 0 Å². The third-order valence-corrected chi connectivity index (χ3v) is 10.7. The molecule has 2 aromatic carbocycles. The minimum absolute atomic E-state index is 0.811. The number of allylic oxidation sites excluding steroid dienone is 1. The molecule has 11 aromatic rings. The van der Waals surface area contributed by atoms with E-state index in [0.29, 0.717) is 0 Å². The molecule has 0 atom stereocenters. The van der Waals surface area contributed by atoms with Gasteiger partial charge in [-0.15, -0.1) is 0 Å². The first-order valence-corrected chi connectivity index (χ1v) is 17.2. The van der Waals surface area contributed by atoms with Crippen molar-refractivity contribution >= 4 is 88.2 Å². The summed E-state index contributed by atoms with van der Waals surface area (Å²) in [6, 6.07) is 20.9. The van der Waals surface area contributed by atoms with Crippen molar-refractivity contribution in [2.24, 2.45) is 0 Å². The number of aromatic nitrogens is 7. The molecule has 0 radical (unpaired) electrons. The molecule has 9 heteroatoms. The molecule has 9 nitrogen and oxygen atoms in total. The predicted molar refractivity (Wildman–Crippen MR) is 204 cm³/mol. The number of hydrogen-bond donors (Lipinski definition) is 0. The Morgan fingerprint density at radius 2 is 1.06 bits per heavy atom. The topological polar surface area (TPSA) is 101 Å². The average Bonchev–Trinajstić information content (AvgIpc) is 3.95. The minimum Gasteiger partial charge on any atom is -0.455 e. The number of hydrogen-bond acceptors (Lipinski definition) is 7. The van der Waals surface area contributed by atoms with Crippen LogP contribution in [-0.4, -0.2) is 34.1 Å². The molecule has 52 heavy (non-hydrogen) atoms. The first-order valence-electron chi connectivity index (χ1n) is 17.2. The van der Waals surface area contributed by atoms with Crippen LogP contribution in [-0.2, 0) is 6.42 Å². The second kappa shape index (κ2) is 10.2. The van der Waals surface area contributed by atoms with Crippen LogP contribution in [0.5, 0.6) is 0 Å². The Balaban J connectivity index is 1.09. The zero-order valence-corrected chi connectivity index (χ0v) is 27.5. The first-order chi connectivity index (χ1) is 25.8. The molecule has 0 amide bonds. The van der Waals surface area contributed by atoms with Crippen LogP contribution in [0.1, 0.15) is 23.2 Å². The van der Waals surface area contributed by atoms with Crippen LogP contribution in [0.15, 0.2) is 131 Å². The molecule has 0 spiro atoms. The quantitative estimate of drug-likeness (QED) is 0.184. The molecule has 9 heterocycles. The second-order valence-electron chi connectivity index (χ2n) is 13.3. The highest BCUT2D eigenvalue weighted by Gasteiger charge is 2.26. The van der Waals surface area contributed by atoms with E-state index in [9.17, 15) is 0 Å². The van der Waals surface area contributed by atoms with E-state index in [0.717, 1.165) is 112 Å². The Labute approximate surface area is 294 Å². The molecule has 1 aliphatic rings. The van der Waals surface area contributed by atoms with Crippen LogP contribution in [0.2, 0.25) is 0 Å². The van der Waals surface area contributed by atoms with Crippen molar-refractivity contribution in [3.05, 3.63) is 139 Å². The van der Waals surface area contributed by atoms with Gasteiger partial charge in [0, 0.05) is 116 Å². The fraction of sp³-hybridized carbons (Fsp3) is 0.0465.